The third-order valence-electron chi connectivity index (χ3n) is 4.75. The first-order valence-electron chi connectivity index (χ1n) is 7.33. The largest absolute Gasteiger partial charge is 0.359 e. The van der Waals surface area contributed by atoms with Crippen molar-refractivity contribution < 1.29 is 0 Å². The molecule has 4 heteroatoms. The minimum absolute atomic E-state index is 0.389. The van der Waals surface area contributed by atoms with E-state index in [1.165, 1.54) is 49.6 Å². The smallest absolute Gasteiger partial charge is 0.157 e. The van der Waals surface area contributed by atoms with Crippen LogP contribution in [0.4, 0.5) is 0 Å². The quantitative estimate of drug-likeness (QED) is 0.790. The van der Waals surface area contributed by atoms with Gasteiger partial charge in [0.2, 0.25) is 0 Å². The van der Waals surface area contributed by atoms with Crippen LogP contribution in [-0.2, 0) is 0 Å². The van der Waals surface area contributed by atoms with Crippen LogP contribution < -0.4 is 5.32 Å². The minimum Gasteiger partial charge on any atom is -0.359 e. The number of thioether (sulfide) groups is 1. The molecule has 1 aliphatic carbocycles. The number of amidine groups is 1. The van der Waals surface area contributed by atoms with Gasteiger partial charge in [-0.25, -0.2) is 0 Å². The zero-order valence-electron chi connectivity index (χ0n) is 11.6. The lowest BCUT2D eigenvalue weighted by atomic mass is 9.78. The van der Waals surface area contributed by atoms with Crippen LogP contribution in [0.15, 0.2) is 4.99 Å². The fraction of sp³-hybridized carbons (Fsp3) is 0.929. The zero-order chi connectivity index (χ0) is 12.6. The van der Waals surface area contributed by atoms with Gasteiger partial charge in [0.15, 0.2) is 5.17 Å². The van der Waals surface area contributed by atoms with E-state index >= 15 is 0 Å². The zero-order valence-corrected chi connectivity index (χ0v) is 12.4. The lowest BCUT2D eigenvalue weighted by Crippen LogP contribution is -2.46. The van der Waals surface area contributed by atoms with Crippen molar-refractivity contribution in [2.24, 2.45) is 10.9 Å². The predicted molar refractivity (Wildman–Crippen MR) is 79.3 cm³/mol. The van der Waals surface area contributed by atoms with E-state index in [1.807, 2.05) is 11.8 Å². The molecule has 0 amide bonds. The summed E-state index contributed by atoms with van der Waals surface area (Å²) in [5.41, 5.74) is 0.389. The summed E-state index contributed by atoms with van der Waals surface area (Å²) in [5.74, 6) is 2.16. The Morgan fingerprint density at radius 2 is 2.11 bits per heavy atom. The summed E-state index contributed by atoms with van der Waals surface area (Å²) in [6.07, 6.45) is 6.67. The average Bonchev–Trinajstić information content (AvgIpc) is 2.92. The second kappa shape index (κ2) is 5.04. The number of hydrogen-bond acceptors (Lipinski definition) is 3. The van der Waals surface area contributed by atoms with Crippen LogP contribution in [-0.4, -0.2) is 47.5 Å². The van der Waals surface area contributed by atoms with Crippen molar-refractivity contribution >= 4 is 16.9 Å². The van der Waals surface area contributed by atoms with Gasteiger partial charge >= 0.3 is 0 Å². The van der Waals surface area contributed by atoms with Crippen molar-refractivity contribution in [3.8, 4) is 0 Å². The van der Waals surface area contributed by atoms with Gasteiger partial charge in [0.1, 0.15) is 0 Å². The summed E-state index contributed by atoms with van der Waals surface area (Å²) >= 11 is 1.96. The molecule has 1 saturated carbocycles. The van der Waals surface area contributed by atoms with Crippen LogP contribution in [0.3, 0.4) is 0 Å². The Bertz CT molecular complexity index is 334. The molecule has 0 aromatic rings. The first kappa shape index (κ1) is 12.8. The van der Waals surface area contributed by atoms with Gasteiger partial charge in [-0.05, 0) is 51.6 Å². The Labute approximate surface area is 115 Å². The molecule has 2 heterocycles. The second-order valence-corrected chi connectivity index (χ2v) is 7.48. The Hall–Kier alpha value is -0.220. The summed E-state index contributed by atoms with van der Waals surface area (Å²) in [4.78, 5) is 7.30. The number of likely N-dealkylation sites (N-methyl/N-ethyl adjacent to an activating group) is 1. The summed E-state index contributed by atoms with van der Waals surface area (Å²) in [6, 6.07) is 0.530. The second-order valence-electron chi connectivity index (χ2n) is 6.52. The first-order valence-corrected chi connectivity index (χ1v) is 8.31. The number of hydrogen-bond donors (Lipinski definition) is 1. The molecule has 3 nitrogen and oxygen atoms in total. The molecule has 1 unspecified atom stereocenters. The van der Waals surface area contributed by atoms with E-state index in [0.29, 0.717) is 11.6 Å². The van der Waals surface area contributed by atoms with E-state index < -0.39 is 0 Å². The Morgan fingerprint density at radius 1 is 1.33 bits per heavy atom. The molecule has 0 aromatic carbocycles. The molecule has 102 valence electrons. The van der Waals surface area contributed by atoms with Gasteiger partial charge in [-0.15, -0.1) is 0 Å². The highest BCUT2D eigenvalue weighted by molar-refractivity contribution is 8.14. The number of nitrogens with zero attached hydrogens (tertiary/aromatic N) is 2. The summed E-state index contributed by atoms with van der Waals surface area (Å²) in [6.45, 7) is 4.73. The molecular weight excluding hydrogens is 242 g/mol. The third kappa shape index (κ3) is 2.69. The van der Waals surface area contributed by atoms with Crippen LogP contribution in [0.1, 0.15) is 39.0 Å². The van der Waals surface area contributed by atoms with Crippen LogP contribution in [0, 0.1) is 5.92 Å². The molecule has 0 aromatic heterocycles. The topological polar surface area (TPSA) is 27.6 Å². The van der Waals surface area contributed by atoms with Crippen LogP contribution in [0.25, 0.3) is 0 Å². The number of nitrogens with one attached hydrogen (secondary N) is 1. The average molecular weight is 267 g/mol. The van der Waals surface area contributed by atoms with Crippen molar-refractivity contribution in [1.29, 1.82) is 0 Å². The molecule has 0 radical (unpaired) electrons. The van der Waals surface area contributed by atoms with Gasteiger partial charge < -0.3 is 10.2 Å². The lowest BCUT2D eigenvalue weighted by molar-refractivity contribution is 0.250. The molecule has 2 saturated heterocycles. The highest BCUT2D eigenvalue weighted by Crippen LogP contribution is 2.38. The van der Waals surface area contributed by atoms with Gasteiger partial charge in [0.05, 0.1) is 6.04 Å². The molecule has 3 rings (SSSR count). The van der Waals surface area contributed by atoms with E-state index in [-0.39, 0.29) is 0 Å². The van der Waals surface area contributed by atoms with E-state index in [2.05, 4.69) is 24.2 Å². The molecule has 18 heavy (non-hydrogen) atoms. The van der Waals surface area contributed by atoms with E-state index in [0.717, 1.165) is 12.5 Å². The van der Waals surface area contributed by atoms with Gasteiger partial charge in [-0.1, -0.05) is 18.7 Å². The van der Waals surface area contributed by atoms with Crippen LogP contribution in [0.2, 0.25) is 0 Å². The fourth-order valence-corrected chi connectivity index (χ4v) is 4.63. The number of aliphatic imine (C=N–C) groups is 1. The molecule has 2 aliphatic heterocycles. The molecule has 3 fully saturated rings. The highest BCUT2D eigenvalue weighted by Gasteiger charge is 2.39. The van der Waals surface area contributed by atoms with Crippen molar-refractivity contribution in [2.75, 3.05) is 25.9 Å². The van der Waals surface area contributed by atoms with Crippen molar-refractivity contribution in [3.05, 3.63) is 0 Å². The van der Waals surface area contributed by atoms with Crippen molar-refractivity contribution in [2.45, 2.75) is 50.6 Å². The first-order chi connectivity index (χ1) is 8.65. The Balaban J connectivity index is 1.59. The van der Waals surface area contributed by atoms with E-state index in [9.17, 15) is 0 Å². The van der Waals surface area contributed by atoms with Gasteiger partial charge in [0.25, 0.3) is 0 Å². The molecule has 1 N–H and O–H groups in total. The maximum atomic E-state index is 4.92. The van der Waals surface area contributed by atoms with Gasteiger partial charge in [-0.2, -0.15) is 0 Å². The minimum atomic E-state index is 0.389. The van der Waals surface area contributed by atoms with E-state index in [1.54, 1.807) is 0 Å². The Kier molecular flexibility index (Phi) is 3.59. The summed E-state index contributed by atoms with van der Waals surface area (Å²) < 4.78 is 0. The van der Waals surface area contributed by atoms with Crippen LogP contribution in [0.5, 0.6) is 0 Å². The van der Waals surface area contributed by atoms with Crippen LogP contribution >= 0.6 is 11.8 Å². The third-order valence-corrected chi connectivity index (χ3v) is 5.93. The van der Waals surface area contributed by atoms with Crippen molar-refractivity contribution in [3.63, 3.8) is 0 Å². The predicted octanol–water partition coefficient (Wildman–Crippen LogP) is 2.33. The normalized spacial score (nSPS) is 43.8. The molecule has 0 bridgehead atoms. The Morgan fingerprint density at radius 3 is 2.78 bits per heavy atom. The monoisotopic (exact) mass is 267 g/mol. The molecule has 1 spiro atoms. The van der Waals surface area contributed by atoms with E-state index in [4.69, 9.17) is 4.99 Å². The number of rotatable bonds is 1. The SMILES string of the molecule is CC1CCC2(CC1)CSC(=NC1CCN(C)C1)N2. The standard InChI is InChI=1S/C14H25N3S/c1-11-3-6-14(7-4-11)10-18-13(16-14)15-12-5-8-17(2)9-12/h11-12H,3-10H2,1-2H3,(H,15,16). The lowest BCUT2D eigenvalue weighted by Gasteiger charge is -2.35. The summed E-state index contributed by atoms with van der Waals surface area (Å²) in [5, 5.41) is 4.99. The van der Waals surface area contributed by atoms with Crippen molar-refractivity contribution in [1.82, 2.24) is 10.2 Å². The molecule has 1 atom stereocenters. The maximum Gasteiger partial charge on any atom is 0.157 e. The highest BCUT2D eigenvalue weighted by atomic mass is 32.2. The maximum absolute atomic E-state index is 4.92. The summed E-state index contributed by atoms with van der Waals surface area (Å²) in [7, 11) is 2.19. The molecule has 3 aliphatic rings. The fourth-order valence-electron chi connectivity index (χ4n) is 3.34. The number of likely N-dealkylation sites (tertiary alicyclic amines) is 1. The van der Waals surface area contributed by atoms with Gasteiger partial charge in [0, 0.05) is 17.8 Å². The van der Waals surface area contributed by atoms with Gasteiger partial charge in [-0.3, -0.25) is 4.99 Å². The molecular formula is C14H25N3S.